The van der Waals surface area contributed by atoms with E-state index < -0.39 is 0 Å². The highest BCUT2D eigenvalue weighted by atomic mass is 16.5. The molecule has 0 radical (unpaired) electrons. The van der Waals surface area contributed by atoms with Crippen LogP contribution in [0.15, 0.2) is 29.1 Å². The van der Waals surface area contributed by atoms with Crippen molar-refractivity contribution < 1.29 is 23.7 Å². The topological polar surface area (TPSA) is 86.3 Å². The molecule has 1 saturated heterocycles. The number of carbonyl (C=O) groups is 1. The number of carbonyl (C=O) groups excluding carboxylic acids is 1. The number of benzene rings is 1. The summed E-state index contributed by atoms with van der Waals surface area (Å²) in [6, 6.07) is 7.15. The molecule has 2 aromatic carbocycles. The second-order valence-electron chi connectivity index (χ2n) is 8.39. The van der Waals surface area contributed by atoms with Gasteiger partial charge in [-0.2, -0.15) is 0 Å². The fourth-order valence-corrected chi connectivity index (χ4v) is 4.82. The van der Waals surface area contributed by atoms with E-state index >= 15 is 0 Å². The smallest absolute Gasteiger partial charge is 0.220 e. The van der Waals surface area contributed by atoms with E-state index in [2.05, 4.69) is 10.2 Å². The number of hydrogen-bond acceptors (Lipinski definition) is 7. The molecule has 4 rings (SSSR count). The summed E-state index contributed by atoms with van der Waals surface area (Å²) in [5, 5.41) is 3.12. The molecule has 2 aliphatic rings. The normalized spacial score (nSPS) is 17.2. The van der Waals surface area contributed by atoms with Crippen LogP contribution in [-0.2, 0) is 16.0 Å². The summed E-state index contributed by atoms with van der Waals surface area (Å²) in [7, 11) is 4.77. The maximum atomic E-state index is 13.4. The number of morpholine rings is 1. The number of nitrogens with zero attached hydrogens (tertiary/aromatic N) is 1. The van der Waals surface area contributed by atoms with E-state index in [1.54, 1.807) is 27.4 Å². The van der Waals surface area contributed by atoms with Crippen molar-refractivity contribution in [1.82, 2.24) is 5.32 Å². The van der Waals surface area contributed by atoms with Gasteiger partial charge in [-0.3, -0.25) is 9.59 Å². The molecule has 0 aromatic heterocycles. The zero-order chi connectivity index (χ0) is 24.2. The molecule has 1 N–H and O–H groups in total. The highest BCUT2D eigenvalue weighted by Crippen LogP contribution is 2.50. The van der Waals surface area contributed by atoms with Crippen molar-refractivity contribution in [2.24, 2.45) is 0 Å². The van der Waals surface area contributed by atoms with E-state index in [0.29, 0.717) is 68.5 Å². The van der Waals surface area contributed by atoms with Gasteiger partial charge in [0.05, 0.1) is 46.3 Å². The van der Waals surface area contributed by atoms with Crippen LogP contribution in [0.3, 0.4) is 0 Å². The van der Waals surface area contributed by atoms with Crippen LogP contribution in [0.25, 0.3) is 11.1 Å². The number of ether oxygens (including phenoxy) is 4. The summed E-state index contributed by atoms with van der Waals surface area (Å²) < 4.78 is 22.5. The van der Waals surface area contributed by atoms with Crippen LogP contribution in [0.4, 0.5) is 5.69 Å². The Kier molecular flexibility index (Phi) is 7.26. The molecule has 182 valence electrons. The third-order valence-electron chi connectivity index (χ3n) is 6.52. The first-order valence-corrected chi connectivity index (χ1v) is 11.6. The first kappa shape index (κ1) is 23.9. The van der Waals surface area contributed by atoms with Crippen LogP contribution in [0.2, 0.25) is 0 Å². The lowest BCUT2D eigenvalue weighted by Crippen LogP contribution is -2.38. The second kappa shape index (κ2) is 10.3. The summed E-state index contributed by atoms with van der Waals surface area (Å²) in [5.41, 5.74) is 4.01. The molecule has 8 nitrogen and oxygen atoms in total. The van der Waals surface area contributed by atoms with Crippen LogP contribution in [0.5, 0.6) is 17.2 Å². The minimum Gasteiger partial charge on any atom is -0.493 e. The van der Waals surface area contributed by atoms with E-state index in [1.165, 1.54) is 0 Å². The number of amides is 1. The largest absolute Gasteiger partial charge is 0.493 e. The minimum absolute atomic E-state index is 0.0589. The van der Waals surface area contributed by atoms with Gasteiger partial charge in [-0.1, -0.05) is 13.0 Å². The molecule has 1 atom stereocenters. The van der Waals surface area contributed by atoms with Crippen molar-refractivity contribution in [1.29, 1.82) is 0 Å². The predicted octanol–water partition coefficient (Wildman–Crippen LogP) is 3.09. The number of nitrogens with one attached hydrogen (secondary N) is 1. The Bertz CT molecular complexity index is 1130. The van der Waals surface area contributed by atoms with Crippen LogP contribution in [-0.4, -0.2) is 53.5 Å². The van der Waals surface area contributed by atoms with E-state index in [-0.39, 0.29) is 17.4 Å². The fraction of sp³-hybridized carbons (Fsp3) is 0.462. The van der Waals surface area contributed by atoms with Crippen LogP contribution < -0.4 is 29.9 Å². The van der Waals surface area contributed by atoms with Crippen molar-refractivity contribution in [3.05, 3.63) is 45.6 Å². The number of rotatable bonds is 6. The number of hydrogen-bond donors (Lipinski definition) is 1. The van der Waals surface area contributed by atoms with Gasteiger partial charge in [0.25, 0.3) is 0 Å². The third kappa shape index (κ3) is 4.42. The van der Waals surface area contributed by atoms with Crippen molar-refractivity contribution in [3.63, 3.8) is 0 Å². The van der Waals surface area contributed by atoms with Gasteiger partial charge in [-0.05, 0) is 47.7 Å². The molecule has 0 spiro atoms. The maximum Gasteiger partial charge on any atom is 0.220 e. The number of fused-ring (bicyclic) bond motifs is 3. The molecule has 1 amide bonds. The SMILES string of the molecule is CCC(=O)NC1CCc2cc(OC)c(OC)c(OC)c2-c2ccc(N3CCOCC3)c(=O)cc21. The Morgan fingerprint density at radius 1 is 1.09 bits per heavy atom. The first-order chi connectivity index (χ1) is 16.5. The van der Waals surface area contributed by atoms with Gasteiger partial charge in [0.1, 0.15) is 0 Å². The van der Waals surface area contributed by atoms with Crippen molar-refractivity contribution in [2.45, 2.75) is 32.2 Å². The summed E-state index contributed by atoms with van der Waals surface area (Å²) in [5.74, 6) is 1.56. The zero-order valence-corrected chi connectivity index (χ0v) is 20.2. The highest BCUT2D eigenvalue weighted by molar-refractivity contribution is 5.84. The molecule has 2 aromatic rings. The van der Waals surface area contributed by atoms with Crippen LogP contribution >= 0.6 is 0 Å². The molecule has 1 aliphatic carbocycles. The van der Waals surface area contributed by atoms with Gasteiger partial charge >= 0.3 is 0 Å². The number of anilines is 1. The molecule has 0 saturated carbocycles. The zero-order valence-electron chi connectivity index (χ0n) is 20.2. The molecule has 0 bridgehead atoms. The van der Waals surface area contributed by atoms with E-state index in [1.807, 2.05) is 25.1 Å². The van der Waals surface area contributed by atoms with Crippen molar-refractivity contribution in [2.75, 3.05) is 52.5 Å². The Morgan fingerprint density at radius 3 is 2.47 bits per heavy atom. The molecule has 1 aliphatic heterocycles. The van der Waals surface area contributed by atoms with Gasteiger partial charge in [-0.25, -0.2) is 0 Å². The summed E-state index contributed by atoms with van der Waals surface area (Å²) in [6.45, 7) is 4.30. The Labute approximate surface area is 199 Å². The van der Waals surface area contributed by atoms with E-state index in [4.69, 9.17) is 18.9 Å². The Balaban J connectivity index is 1.99. The van der Waals surface area contributed by atoms with E-state index in [0.717, 1.165) is 22.3 Å². The average molecular weight is 469 g/mol. The summed E-state index contributed by atoms with van der Waals surface area (Å²) >= 11 is 0. The average Bonchev–Trinajstić information content (AvgIpc) is 3.12. The predicted molar refractivity (Wildman–Crippen MR) is 130 cm³/mol. The summed E-state index contributed by atoms with van der Waals surface area (Å²) in [4.78, 5) is 27.9. The quantitative estimate of drug-likeness (QED) is 0.697. The van der Waals surface area contributed by atoms with Crippen molar-refractivity contribution >= 4 is 11.6 Å². The van der Waals surface area contributed by atoms with Gasteiger partial charge < -0.3 is 29.2 Å². The number of methoxy groups -OCH3 is 3. The molecule has 1 heterocycles. The molecule has 8 heteroatoms. The van der Waals surface area contributed by atoms with Gasteiger partial charge in [-0.15, -0.1) is 0 Å². The second-order valence-corrected chi connectivity index (χ2v) is 8.39. The Morgan fingerprint density at radius 2 is 1.82 bits per heavy atom. The molecular weight excluding hydrogens is 436 g/mol. The third-order valence-corrected chi connectivity index (χ3v) is 6.52. The van der Waals surface area contributed by atoms with E-state index in [9.17, 15) is 9.59 Å². The lowest BCUT2D eigenvalue weighted by Gasteiger charge is -2.27. The minimum atomic E-state index is -0.311. The summed E-state index contributed by atoms with van der Waals surface area (Å²) in [6.07, 6.45) is 1.68. The van der Waals surface area contributed by atoms with Gasteiger partial charge in [0.2, 0.25) is 17.1 Å². The van der Waals surface area contributed by atoms with Crippen LogP contribution in [0, 0.1) is 0 Å². The molecule has 1 unspecified atom stereocenters. The fourth-order valence-electron chi connectivity index (χ4n) is 4.82. The Hall–Kier alpha value is -3.26. The van der Waals surface area contributed by atoms with Gasteiger partial charge in [0, 0.05) is 25.1 Å². The molecule has 1 fully saturated rings. The van der Waals surface area contributed by atoms with Crippen molar-refractivity contribution in [3.8, 4) is 28.4 Å². The molecular formula is C26H32N2O6. The lowest BCUT2D eigenvalue weighted by molar-refractivity contribution is -0.121. The first-order valence-electron chi connectivity index (χ1n) is 11.6. The monoisotopic (exact) mass is 468 g/mol. The standard InChI is InChI=1S/C26H32N2O6/c1-5-23(30)27-19-8-6-16-14-22(31-2)25(32-3)26(33-4)24(16)17-7-9-20(21(29)15-18(17)19)28-10-12-34-13-11-28/h7,9,14-15,19H,5-6,8,10-13H2,1-4H3,(H,27,30). The van der Waals surface area contributed by atoms with Gasteiger partial charge in [0.15, 0.2) is 11.5 Å². The highest BCUT2D eigenvalue weighted by Gasteiger charge is 2.30. The lowest BCUT2D eigenvalue weighted by atomic mass is 9.95. The van der Waals surface area contributed by atoms with Crippen LogP contribution in [0.1, 0.15) is 36.9 Å². The molecule has 34 heavy (non-hydrogen) atoms. The number of aryl methyl sites for hydroxylation is 1. The maximum absolute atomic E-state index is 13.4.